The van der Waals surface area contributed by atoms with Crippen LogP contribution in [-0.2, 0) is 70.1 Å². The molecule has 3 aliphatic carbocycles. The van der Waals surface area contributed by atoms with Crippen LogP contribution in [0.15, 0.2) is 18.2 Å². The van der Waals surface area contributed by atoms with Crippen molar-refractivity contribution in [3.05, 3.63) is 35.1 Å². The first-order valence-electron chi connectivity index (χ1n) is 35.7. The van der Waals surface area contributed by atoms with Gasteiger partial charge in [-0.1, -0.05) is 98.0 Å². The molecule has 10 atom stereocenters. The van der Waals surface area contributed by atoms with Crippen molar-refractivity contribution in [2.45, 2.75) is 242 Å². The van der Waals surface area contributed by atoms with Crippen molar-refractivity contribution < 1.29 is 75.1 Å². The number of amides is 12. The molecule has 3 saturated carbocycles. The molecule has 0 aromatic heterocycles. The first kappa shape index (κ1) is 78.9. The SMILES string of the molecule is CC[C@H](C)[C@@H]1NC(=O)[C@H](CC(C)C)N(C)C(=O)C[C@@H](C(=O)N(C)C)N(C)C(=O)[C@H](C2CCCC2)N(C)C(=O)C2(CCCC2)NC(=O)[C@@H]2CCCN2C(=O)[C@H](CCc2ccc(C(F)(F)F)c(F)c2)NC(=O)CN(C)C(=O)[C@H](CC2CCCCC2)N(C)C(=O)[C@@H]2CCN2C(=O)[C@H](C)N(C)C1=O. The number of nitrogens with one attached hydrogen (secondary N) is 3. The third-order valence-corrected chi connectivity index (χ3v) is 22.2. The van der Waals surface area contributed by atoms with Gasteiger partial charge in [0.15, 0.2) is 0 Å². The molecule has 12 amide bonds. The predicted molar refractivity (Wildman–Crippen MR) is 359 cm³/mol. The molecule has 7 rings (SSSR count). The third kappa shape index (κ3) is 18.4. The van der Waals surface area contributed by atoms with Gasteiger partial charge in [-0.25, -0.2) is 4.39 Å². The Labute approximate surface area is 580 Å². The van der Waals surface area contributed by atoms with Crippen LogP contribution < -0.4 is 16.0 Å². The van der Waals surface area contributed by atoms with Gasteiger partial charge in [-0.05, 0) is 119 Å². The summed E-state index contributed by atoms with van der Waals surface area (Å²) in [4.78, 5) is 190. The zero-order chi connectivity index (χ0) is 73.3. The van der Waals surface area contributed by atoms with Crippen LogP contribution in [0.5, 0.6) is 0 Å². The lowest BCUT2D eigenvalue weighted by Gasteiger charge is -2.45. The van der Waals surface area contributed by atoms with Crippen molar-refractivity contribution in [3.63, 3.8) is 0 Å². The third-order valence-electron chi connectivity index (χ3n) is 22.2. The second-order valence-electron chi connectivity index (χ2n) is 29.6. The lowest BCUT2D eigenvalue weighted by molar-refractivity contribution is -0.160. The fourth-order valence-electron chi connectivity index (χ4n) is 15.5. The first-order chi connectivity index (χ1) is 46.5. The Morgan fingerprint density at radius 3 is 1.86 bits per heavy atom. The average Bonchev–Trinajstić information content (AvgIpc) is 1.61. The second-order valence-corrected chi connectivity index (χ2v) is 29.6. The van der Waals surface area contributed by atoms with E-state index in [0.717, 1.165) is 55.9 Å². The van der Waals surface area contributed by atoms with Crippen molar-refractivity contribution in [1.29, 1.82) is 0 Å². The summed E-state index contributed by atoms with van der Waals surface area (Å²) in [6.45, 7) is 8.29. The molecule has 0 unspecified atom stereocenters. The van der Waals surface area contributed by atoms with Gasteiger partial charge in [-0.15, -0.1) is 0 Å². The number of carbonyl (C=O) groups is 12. The summed E-state index contributed by atoms with van der Waals surface area (Å²) in [5, 5.41) is 8.66. The Kier molecular flexibility index (Phi) is 27.0. The predicted octanol–water partition coefficient (Wildman–Crippen LogP) is 5.13. The lowest BCUT2D eigenvalue weighted by atomic mass is 9.84. The number of fused-ring (bicyclic) bond motifs is 2. The molecule has 0 bridgehead atoms. The summed E-state index contributed by atoms with van der Waals surface area (Å²) >= 11 is 0. The minimum Gasteiger partial charge on any atom is -0.347 e. The van der Waals surface area contributed by atoms with Gasteiger partial charge >= 0.3 is 6.18 Å². The topological polar surface area (TPSA) is 270 Å². The maximum Gasteiger partial charge on any atom is 0.419 e. The van der Waals surface area contributed by atoms with Crippen molar-refractivity contribution in [3.8, 4) is 0 Å². The van der Waals surface area contributed by atoms with Crippen LogP contribution in [-0.4, -0.2) is 251 Å². The average molecular weight is 1400 g/mol. The fraction of sp³-hybridized carbons (Fsp3) is 0.746. The fourth-order valence-corrected chi connectivity index (χ4v) is 15.5. The highest BCUT2D eigenvalue weighted by Gasteiger charge is 2.52. The molecule has 3 N–H and O–H groups in total. The van der Waals surface area contributed by atoms with E-state index < -0.39 is 173 Å². The molecule has 0 radical (unpaired) electrons. The van der Waals surface area contributed by atoms with E-state index in [2.05, 4.69) is 16.0 Å². The normalized spacial score (nSPS) is 27.9. The van der Waals surface area contributed by atoms with Crippen LogP contribution in [0.2, 0.25) is 0 Å². The minimum absolute atomic E-state index is 0.00158. The van der Waals surface area contributed by atoms with E-state index in [0.29, 0.717) is 50.7 Å². The summed E-state index contributed by atoms with van der Waals surface area (Å²) in [6.07, 6.45) is 3.31. The van der Waals surface area contributed by atoms with Gasteiger partial charge in [0.1, 0.15) is 65.7 Å². The van der Waals surface area contributed by atoms with Gasteiger partial charge in [0, 0.05) is 69.5 Å². The molecular formula is C71H108F4N12O12. The second kappa shape index (κ2) is 33.8. The zero-order valence-electron chi connectivity index (χ0n) is 60.4. The quantitative estimate of drug-likeness (QED) is 0.244. The Bertz CT molecular complexity index is 3130. The largest absolute Gasteiger partial charge is 0.419 e. The van der Waals surface area contributed by atoms with E-state index in [1.807, 2.05) is 20.8 Å². The van der Waals surface area contributed by atoms with Crippen molar-refractivity contribution in [2.24, 2.45) is 23.7 Å². The van der Waals surface area contributed by atoms with Crippen LogP contribution in [0.25, 0.3) is 0 Å². The minimum atomic E-state index is -5.00. The number of nitrogens with zero attached hydrogens (tertiary/aromatic N) is 9. The lowest BCUT2D eigenvalue weighted by Crippen LogP contribution is -2.65. The van der Waals surface area contributed by atoms with Gasteiger partial charge in [0.05, 0.1) is 18.5 Å². The Morgan fingerprint density at radius 2 is 1.28 bits per heavy atom. The summed E-state index contributed by atoms with van der Waals surface area (Å²) in [5.74, 6) is -10.6. The number of benzene rings is 1. The zero-order valence-corrected chi connectivity index (χ0v) is 60.4. The number of alkyl halides is 3. The molecule has 3 heterocycles. The molecule has 28 heteroatoms. The van der Waals surface area contributed by atoms with Crippen molar-refractivity contribution >= 4 is 70.9 Å². The number of carbonyl (C=O) groups excluding carboxylic acids is 12. The molecule has 1 aromatic carbocycles. The highest BCUT2D eigenvalue weighted by molar-refractivity contribution is 6.01. The monoisotopic (exact) mass is 1400 g/mol. The van der Waals surface area contributed by atoms with E-state index in [1.54, 1.807) is 6.92 Å². The molecule has 1 aromatic rings. The molecular weight excluding hydrogens is 1290 g/mol. The molecule has 6 fully saturated rings. The van der Waals surface area contributed by atoms with Crippen molar-refractivity contribution in [1.82, 2.24) is 60.0 Å². The summed E-state index contributed by atoms with van der Waals surface area (Å²) in [6, 6.07) is -8.82. The molecule has 3 aliphatic heterocycles. The molecule has 99 heavy (non-hydrogen) atoms. The number of hydrogen-bond acceptors (Lipinski definition) is 12. The molecule has 1 spiro atoms. The number of likely N-dealkylation sites (N-methyl/N-ethyl adjacent to an activating group) is 7. The highest BCUT2D eigenvalue weighted by Crippen LogP contribution is 2.38. The number of hydrogen-bond donors (Lipinski definition) is 3. The van der Waals surface area contributed by atoms with E-state index in [4.69, 9.17) is 0 Å². The maximum atomic E-state index is 15.5. The highest BCUT2D eigenvalue weighted by atomic mass is 19.4. The van der Waals surface area contributed by atoms with Gasteiger partial charge in [-0.3, -0.25) is 57.5 Å². The van der Waals surface area contributed by atoms with Crippen LogP contribution in [0.4, 0.5) is 17.6 Å². The number of rotatable bonds is 11. The maximum absolute atomic E-state index is 15.5. The van der Waals surface area contributed by atoms with E-state index >= 15 is 23.6 Å². The smallest absolute Gasteiger partial charge is 0.347 e. The van der Waals surface area contributed by atoms with Gasteiger partial charge < -0.3 is 60.0 Å². The van der Waals surface area contributed by atoms with Crippen LogP contribution in [0.1, 0.15) is 181 Å². The molecule has 6 aliphatic rings. The standard InChI is InChI=1S/C71H108F4N12O12/c1-14-43(4)58-67(97)81(9)44(5)62(92)87-36-32-52(87)66(96)83(11)54(39-45-23-16-15-17-24-45)65(95)80(8)41-56(88)76-50(31-29-46-28-30-48(49(72)38-46)71(73,74)75)63(93)86-35-22-27-51(86)61(91)78-70(33-20-21-34-70)69(99)85(13)59(47-25-18-19-26-47)68(98)84(12)55(64(94)79(6)7)40-57(89)82(10)53(37-42(2)3)60(90)77-58/h28,30,38,42-45,47,50-55,58-59H,14-27,29,31-37,39-41H2,1-13H3,(H,76,88)(H,77,90)(H,78,91)/t43-,44-,50-,51-,52-,53-,54-,55-,58-,59-/m0/s1. The molecule has 3 saturated heterocycles. The molecule has 552 valence electrons. The summed E-state index contributed by atoms with van der Waals surface area (Å²) in [5.41, 5.74) is -3.04. The van der Waals surface area contributed by atoms with E-state index in [-0.39, 0.29) is 81.9 Å². The first-order valence-corrected chi connectivity index (χ1v) is 35.7. The van der Waals surface area contributed by atoms with E-state index in [9.17, 15) is 51.5 Å². The number of halogens is 4. The summed E-state index contributed by atoms with van der Waals surface area (Å²) < 4.78 is 56.2. The van der Waals surface area contributed by atoms with Gasteiger partial charge in [0.25, 0.3) is 0 Å². The van der Waals surface area contributed by atoms with E-state index in [1.165, 1.54) is 103 Å². The Balaban J connectivity index is 1.29. The van der Waals surface area contributed by atoms with Crippen LogP contribution >= 0.6 is 0 Å². The van der Waals surface area contributed by atoms with Crippen LogP contribution in [0, 0.1) is 29.5 Å². The van der Waals surface area contributed by atoms with Gasteiger partial charge in [-0.2, -0.15) is 13.2 Å². The Morgan fingerprint density at radius 1 is 0.657 bits per heavy atom. The summed E-state index contributed by atoms with van der Waals surface area (Å²) in [7, 11) is 11.5. The van der Waals surface area contributed by atoms with Gasteiger partial charge in [0.2, 0.25) is 70.9 Å². The van der Waals surface area contributed by atoms with Crippen LogP contribution in [0.3, 0.4) is 0 Å². The number of aryl methyl sites for hydroxylation is 1. The Hall–Kier alpha value is -7.42. The molecule has 24 nitrogen and oxygen atoms in total. The van der Waals surface area contributed by atoms with Crippen molar-refractivity contribution in [2.75, 3.05) is 76.0 Å².